The average molecular weight is 411 g/mol. The number of benzene rings is 2. The second-order valence-electron chi connectivity index (χ2n) is 8.08. The fraction of sp³-hybridized carbons (Fsp3) is 0.480. The third-order valence-electron chi connectivity index (χ3n) is 5.75. The topological polar surface area (TPSA) is 42.0 Å². The van der Waals surface area contributed by atoms with Crippen molar-refractivity contribution in [3.63, 3.8) is 0 Å². The van der Waals surface area contributed by atoms with Gasteiger partial charge in [0.05, 0.1) is 14.2 Å². The maximum absolute atomic E-state index is 13.0. The summed E-state index contributed by atoms with van der Waals surface area (Å²) in [6, 6.07) is 14.6. The number of likely N-dealkylation sites (tertiary alicyclic amines) is 1. The Morgan fingerprint density at radius 3 is 2.30 bits per heavy atom. The second kappa shape index (κ2) is 10.5. The smallest absolute Gasteiger partial charge is 0.227 e. The largest absolute Gasteiger partial charge is 0.497 e. The quantitative estimate of drug-likeness (QED) is 0.626. The summed E-state index contributed by atoms with van der Waals surface area (Å²) >= 11 is 0. The van der Waals surface area contributed by atoms with Gasteiger partial charge < -0.3 is 14.4 Å². The molecule has 1 amide bonds. The summed E-state index contributed by atoms with van der Waals surface area (Å²) in [4.78, 5) is 17.5. The Balaban J connectivity index is 1.68. The molecule has 162 valence electrons. The number of amides is 1. The third-order valence-corrected chi connectivity index (χ3v) is 5.75. The molecular formula is C25H34N2O3. The molecule has 5 nitrogen and oxygen atoms in total. The van der Waals surface area contributed by atoms with Gasteiger partial charge in [0, 0.05) is 43.9 Å². The minimum Gasteiger partial charge on any atom is -0.497 e. The van der Waals surface area contributed by atoms with Gasteiger partial charge in [-0.15, -0.1) is 0 Å². The van der Waals surface area contributed by atoms with Gasteiger partial charge in [-0.1, -0.05) is 19.1 Å². The van der Waals surface area contributed by atoms with Crippen molar-refractivity contribution >= 4 is 11.6 Å². The summed E-state index contributed by atoms with van der Waals surface area (Å²) in [7, 11) is 3.36. The molecule has 30 heavy (non-hydrogen) atoms. The fourth-order valence-electron chi connectivity index (χ4n) is 4.22. The van der Waals surface area contributed by atoms with Crippen LogP contribution < -0.4 is 14.4 Å². The SMILES string of the molecule is CCCC(=O)N(c1cccc(C)c1)C1CCN(Cc2cc(OC)cc(OC)c2)CC1. The normalized spacial score (nSPS) is 15.1. The molecule has 0 N–H and O–H groups in total. The summed E-state index contributed by atoms with van der Waals surface area (Å²) in [5.41, 5.74) is 3.40. The van der Waals surface area contributed by atoms with E-state index in [9.17, 15) is 4.79 Å². The molecule has 2 aromatic carbocycles. The van der Waals surface area contributed by atoms with E-state index in [1.54, 1.807) is 14.2 Å². The maximum atomic E-state index is 13.0. The molecule has 1 aliphatic rings. The number of carbonyl (C=O) groups is 1. The van der Waals surface area contributed by atoms with Crippen molar-refractivity contribution in [2.75, 3.05) is 32.2 Å². The second-order valence-corrected chi connectivity index (χ2v) is 8.08. The maximum Gasteiger partial charge on any atom is 0.227 e. The molecule has 0 aliphatic carbocycles. The molecule has 1 saturated heterocycles. The number of methoxy groups -OCH3 is 2. The predicted molar refractivity (Wildman–Crippen MR) is 121 cm³/mol. The first-order chi connectivity index (χ1) is 14.5. The molecule has 0 unspecified atom stereocenters. The van der Waals surface area contributed by atoms with Gasteiger partial charge in [-0.3, -0.25) is 9.69 Å². The lowest BCUT2D eigenvalue weighted by Crippen LogP contribution is -2.47. The molecule has 0 aromatic heterocycles. The predicted octanol–water partition coefficient (Wildman–Crippen LogP) is 4.81. The van der Waals surface area contributed by atoms with Gasteiger partial charge in [-0.2, -0.15) is 0 Å². The number of hydrogen-bond acceptors (Lipinski definition) is 4. The van der Waals surface area contributed by atoms with Crippen LogP contribution in [0.3, 0.4) is 0 Å². The molecule has 1 fully saturated rings. The monoisotopic (exact) mass is 410 g/mol. The Labute approximate surface area is 180 Å². The van der Waals surface area contributed by atoms with Gasteiger partial charge in [0.2, 0.25) is 5.91 Å². The van der Waals surface area contributed by atoms with Crippen molar-refractivity contribution < 1.29 is 14.3 Å². The van der Waals surface area contributed by atoms with E-state index in [-0.39, 0.29) is 11.9 Å². The van der Waals surface area contributed by atoms with E-state index in [0.29, 0.717) is 6.42 Å². The number of hydrogen-bond donors (Lipinski definition) is 0. The van der Waals surface area contributed by atoms with Crippen molar-refractivity contribution in [2.45, 2.75) is 52.1 Å². The number of nitrogens with zero attached hydrogens (tertiary/aromatic N) is 2. The minimum absolute atomic E-state index is 0.235. The van der Waals surface area contributed by atoms with Crippen molar-refractivity contribution in [3.05, 3.63) is 53.6 Å². The molecule has 2 aromatic rings. The van der Waals surface area contributed by atoms with E-state index in [2.05, 4.69) is 54.0 Å². The Bertz CT molecular complexity index is 822. The summed E-state index contributed by atoms with van der Waals surface area (Å²) in [5, 5.41) is 0. The molecule has 0 saturated carbocycles. The number of anilines is 1. The zero-order chi connectivity index (χ0) is 21.5. The molecule has 0 atom stereocenters. The molecule has 0 bridgehead atoms. The highest BCUT2D eigenvalue weighted by Crippen LogP contribution is 2.28. The van der Waals surface area contributed by atoms with E-state index in [1.165, 1.54) is 11.1 Å². The van der Waals surface area contributed by atoms with E-state index >= 15 is 0 Å². The van der Waals surface area contributed by atoms with Gasteiger partial charge in [-0.05, 0) is 61.6 Å². The first-order valence-electron chi connectivity index (χ1n) is 10.9. The number of carbonyl (C=O) groups excluding carboxylic acids is 1. The zero-order valence-corrected chi connectivity index (χ0v) is 18.7. The Morgan fingerprint density at radius 2 is 1.73 bits per heavy atom. The lowest BCUT2D eigenvalue weighted by atomic mass is 10.00. The summed E-state index contributed by atoms with van der Waals surface area (Å²) < 4.78 is 10.8. The van der Waals surface area contributed by atoms with E-state index in [1.807, 2.05) is 12.1 Å². The summed E-state index contributed by atoms with van der Waals surface area (Å²) in [6.07, 6.45) is 3.42. The van der Waals surface area contributed by atoms with Crippen LogP contribution >= 0.6 is 0 Å². The van der Waals surface area contributed by atoms with Crippen LogP contribution in [-0.2, 0) is 11.3 Å². The lowest BCUT2D eigenvalue weighted by molar-refractivity contribution is -0.119. The van der Waals surface area contributed by atoms with Crippen LogP contribution in [-0.4, -0.2) is 44.2 Å². The van der Waals surface area contributed by atoms with Crippen LogP contribution in [0, 0.1) is 6.92 Å². The van der Waals surface area contributed by atoms with Crippen molar-refractivity contribution in [1.29, 1.82) is 0 Å². The number of piperidine rings is 1. The van der Waals surface area contributed by atoms with Crippen LogP contribution in [0.25, 0.3) is 0 Å². The summed E-state index contributed by atoms with van der Waals surface area (Å²) in [6.45, 7) is 6.93. The van der Waals surface area contributed by atoms with Crippen molar-refractivity contribution in [1.82, 2.24) is 4.90 Å². The van der Waals surface area contributed by atoms with Crippen molar-refractivity contribution in [2.24, 2.45) is 0 Å². The van der Waals surface area contributed by atoms with Crippen LogP contribution in [0.1, 0.15) is 43.7 Å². The standard InChI is InChI=1S/C25H34N2O3/c1-5-7-25(28)27(22-9-6-8-19(2)14-22)21-10-12-26(13-11-21)18-20-15-23(29-3)17-24(16-20)30-4/h6,8-9,14-17,21H,5,7,10-13,18H2,1-4H3. The van der Waals surface area contributed by atoms with E-state index < -0.39 is 0 Å². The Morgan fingerprint density at radius 1 is 1.07 bits per heavy atom. The molecular weight excluding hydrogens is 376 g/mol. The molecule has 0 radical (unpaired) electrons. The first-order valence-corrected chi connectivity index (χ1v) is 10.9. The highest BCUT2D eigenvalue weighted by atomic mass is 16.5. The molecule has 3 rings (SSSR count). The minimum atomic E-state index is 0.235. The molecule has 5 heteroatoms. The fourth-order valence-corrected chi connectivity index (χ4v) is 4.22. The van der Waals surface area contributed by atoms with Gasteiger partial charge in [-0.25, -0.2) is 0 Å². The number of ether oxygens (including phenoxy) is 2. The Kier molecular flexibility index (Phi) is 7.75. The van der Waals surface area contributed by atoms with Crippen LogP contribution in [0.5, 0.6) is 11.5 Å². The average Bonchev–Trinajstić information content (AvgIpc) is 2.75. The van der Waals surface area contributed by atoms with Crippen LogP contribution in [0.2, 0.25) is 0 Å². The first kappa shape index (κ1) is 22.2. The zero-order valence-electron chi connectivity index (χ0n) is 18.7. The van der Waals surface area contributed by atoms with Crippen LogP contribution in [0.4, 0.5) is 5.69 Å². The van der Waals surface area contributed by atoms with Gasteiger partial charge in [0.1, 0.15) is 11.5 Å². The third kappa shape index (κ3) is 5.54. The number of aryl methyl sites for hydroxylation is 1. The van der Waals surface area contributed by atoms with Crippen molar-refractivity contribution in [3.8, 4) is 11.5 Å². The molecule has 0 spiro atoms. The molecule has 1 heterocycles. The van der Waals surface area contributed by atoms with E-state index in [4.69, 9.17) is 9.47 Å². The van der Waals surface area contributed by atoms with Gasteiger partial charge >= 0.3 is 0 Å². The van der Waals surface area contributed by atoms with Gasteiger partial charge in [0.15, 0.2) is 0 Å². The lowest BCUT2D eigenvalue weighted by Gasteiger charge is -2.39. The highest BCUT2D eigenvalue weighted by molar-refractivity contribution is 5.94. The molecule has 1 aliphatic heterocycles. The number of rotatable bonds is 8. The van der Waals surface area contributed by atoms with Gasteiger partial charge in [0.25, 0.3) is 0 Å². The van der Waals surface area contributed by atoms with Crippen LogP contribution in [0.15, 0.2) is 42.5 Å². The highest BCUT2D eigenvalue weighted by Gasteiger charge is 2.29. The Hall–Kier alpha value is -2.53. The van der Waals surface area contributed by atoms with E-state index in [0.717, 1.165) is 56.1 Å². The summed E-state index contributed by atoms with van der Waals surface area (Å²) in [5.74, 6) is 1.86.